The molecule has 3 heterocycles. The van der Waals surface area contributed by atoms with Crippen LogP contribution in [0.2, 0.25) is 0 Å². The number of ether oxygens (including phenoxy) is 3. The quantitative estimate of drug-likeness (QED) is 0.397. The molecular weight excluding hydrogens is 543 g/mol. The molecule has 0 aliphatic carbocycles. The Morgan fingerprint density at radius 3 is 2.80 bits per heavy atom. The van der Waals surface area contributed by atoms with Crippen molar-refractivity contribution in [2.75, 3.05) is 31.5 Å². The van der Waals surface area contributed by atoms with Crippen LogP contribution in [-0.4, -0.2) is 58.1 Å². The smallest absolute Gasteiger partial charge is 0.343 e. The van der Waals surface area contributed by atoms with E-state index in [4.69, 9.17) is 18.6 Å². The lowest BCUT2D eigenvalue weighted by Gasteiger charge is -2.22. The molecule has 2 aromatic carbocycles. The van der Waals surface area contributed by atoms with Crippen LogP contribution in [0.15, 0.2) is 58.1 Å². The Kier molecular flexibility index (Phi) is 7.63. The fourth-order valence-electron chi connectivity index (χ4n) is 4.88. The normalized spacial score (nSPS) is 16.7. The van der Waals surface area contributed by atoms with Gasteiger partial charge in [-0.2, -0.15) is 0 Å². The predicted molar refractivity (Wildman–Crippen MR) is 143 cm³/mol. The van der Waals surface area contributed by atoms with Gasteiger partial charge in [0.1, 0.15) is 35.6 Å². The number of carbonyl (C=O) groups excluding carboxylic acids is 2. The summed E-state index contributed by atoms with van der Waals surface area (Å²) in [4.78, 5) is 25.8. The first-order valence-corrected chi connectivity index (χ1v) is 14.0. The summed E-state index contributed by atoms with van der Waals surface area (Å²) < 4.78 is 65.1. The molecule has 1 N–H and O–H groups in total. The first kappa shape index (κ1) is 27.4. The number of nitrogens with one attached hydrogen (secondary N) is 1. The third-order valence-corrected chi connectivity index (χ3v) is 8.10. The van der Waals surface area contributed by atoms with E-state index < -0.39 is 21.8 Å². The largest absolute Gasteiger partial charge is 0.484 e. The molecule has 40 heavy (non-hydrogen) atoms. The van der Waals surface area contributed by atoms with Crippen molar-refractivity contribution in [2.24, 2.45) is 0 Å². The second-order valence-electron chi connectivity index (χ2n) is 9.37. The van der Waals surface area contributed by atoms with E-state index in [0.29, 0.717) is 37.4 Å². The summed E-state index contributed by atoms with van der Waals surface area (Å²) in [6.45, 7) is 3.13. The molecule has 1 aromatic heterocycles. The summed E-state index contributed by atoms with van der Waals surface area (Å²) >= 11 is 0. The third-order valence-electron chi connectivity index (χ3n) is 6.66. The molecule has 0 spiro atoms. The molecule has 0 radical (unpaired) electrons. The number of likely N-dealkylation sites (tertiary alicyclic amines) is 1. The summed E-state index contributed by atoms with van der Waals surface area (Å²) in [7, 11) is -3.11. The van der Waals surface area contributed by atoms with E-state index in [0.717, 1.165) is 23.8 Å². The maximum atomic E-state index is 14.2. The molecule has 1 fully saturated rings. The van der Waals surface area contributed by atoms with E-state index in [1.807, 2.05) is 4.90 Å². The lowest BCUT2D eigenvalue weighted by atomic mass is 9.98. The maximum Gasteiger partial charge on any atom is 0.343 e. The van der Waals surface area contributed by atoms with Crippen LogP contribution in [0.4, 0.5) is 10.1 Å². The van der Waals surface area contributed by atoms with Crippen LogP contribution in [0.25, 0.3) is 17.2 Å². The van der Waals surface area contributed by atoms with Crippen molar-refractivity contribution in [3.63, 3.8) is 0 Å². The average Bonchev–Trinajstić information content (AvgIpc) is 3.57. The summed E-state index contributed by atoms with van der Waals surface area (Å²) in [6.07, 6.45) is 5.26. The molecule has 12 heteroatoms. The number of esters is 2. The molecule has 1 atom stereocenters. The first-order chi connectivity index (χ1) is 19.2. The Balaban J connectivity index is 1.42. The molecule has 0 saturated carbocycles. The van der Waals surface area contributed by atoms with Gasteiger partial charge in [-0.3, -0.25) is 14.4 Å². The highest BCUT2D eigenvalue weighted by atomic mass is 32.2. The average molecular weight is 571 g/mol. The number of nitrogens with zero attached hydrogens (tertiary/aromatic N) is 1. The zero-order valence-corrected chi connectivity index (χ0v) is 22.6. The van der Waals surface area contributed by atoms with E-state index in [2.05, 4.69) is 4.72 Å². The number of hydrogen-bond acceptors (Lipinski definition) is 9. The summed E-state index contributed by atoms with van der Waals surface area (Å²) in [5.41, 5.74) is 1.27. The minimum atomic E-state index is -4.29. The number of carbonyl (C=O) groups is 2. The minimum Gasteiger partial charge on any atom is -0.484 e. The second kappa shape index (κ2) is 11.1. The molecule has 1 saturated heterocycles. The standard InChI is InChI=1S/C28H27FN2O8S/c1-17(32)39-20-9-12-31(15-20)11-3-4-18-14-19(29)5-8-25(18)40(34,35)30-23-7-6-22-21-10-13-37-24(21)16-38-27(22)26(23)28(33)36-2/h3-8,10,13-14,20,30H,9,11-12,15-16H2,1-2H3/b4-3-/t20-/m1/s1. The molecule has 2 aliphatic heterocycles. The molecule has 0 amide bonds. The van der Waals surface area contributed by atoms with E-state index in [1.165, 1.54) is 32.4 Å². The molecule has 3 aromatic rings. The number of benzene rings is 2. The van der Waals surface area contributed by atoms with Crippen LogP contribution >= 0.6 is 0 Å². The Bertz CT molecular complexity index is 1600. The Labute approximate surface area is 230 Å². The van der Waals surface area contributed by atoms with Gasteiger partial charge in [-0.1, -0.05) is 12.2 Å². The lowest BCUT2D eigenvalue weighted by Crippen LogP contribution is -2.24. The van der Waals surface area contributed by atoms with E-state index in [9.17, 15) is 22.4 Å². The topological polar surface area (TPSA) is 124 Å². The van der Waals surface area contributed by atoms with Gasteiger partial charge in [-0.15, -0.1) is 0 Å². The first-order valence-electron chi connectivity index (χ1n) is 12.5. The highest BCUT2D eigenvalue weighted by molar-refractivity contribution is 7.92. The van der Waals surface area contributed by atoms with E-state index in [-0.39, 0.29) is 46.1 Å². The number of halogens is 1. The zero-order valence-electron chi connectivity index (χ0n) is 21.8. The van der Waals surface area contributed by atoms with Crippen molar-refractivity contribution in [2.45, 2.75) is 31.0 Å². The van der Waals surface area contributed by atoms with Gasteiger partial charge in [0.05, 0.1) is 24.0 Å². The van der Waals surface area contributed by atoms with E-state index in [1.54, 1.807) is 18.2 Å². The van der Waals surface area contributed by atoms with Crippen LogP contribution in [0.1, 0.15) is 35.0 Å². The van der Waals surface area contributed by atoms with Crippen molar-refractivity contribution in [1.29, 1.82) is 0 Å². The van der Waals surface area contributed by atoms with Gasteiger partial charge in [0, 0.05) is 37.7 Å². The van der Waals surface area contributed by atoms with Crippen molar-refractivity contribution in [3.05, 3.63) is 71.4 Å². The number of rotatable bonds is 8. The van der Waals surface area contributed by atoms with Gasteiger partial charge in [0.25, 0.3) is 10.0 Å². The zero-order chi connectivity index (χ0) is 28.4. The lowest BCUT2D eigenvalue weighted by molar-refractivity contribution is -0.145. The molecule has 10 nitrogen and oxygen atoms in total. The summed E-state index contributed by atoms with van der Waals surface area (Å²) in [5.74, 6) is -0.994. The van der Waals surface area contributed by atoms with Crippen LogP contribution in [0, 0.1) is 5.82 Å². The molecule has 5 rings (SSSR count). The Hall–Kier alpha value is -4.16. The second-order valence-corrected chi connectivity index (χ2v) is 11.0. The van der Waals surface area contributed by atoms with Crippen molar-refractivity contribution in [3.8, 4) is 16.9 Å². The van der Waals surface area contributed by atoms with Crippen molar-refractivity contribution in [1.82, 2.24) is 4.90 Å². The van der Waals surface area contributed by atoms with Gasteiger partial charge in [-0.05, 0) is 48.4 Å². The van der Waals surface area contributed by atoms with Gasteiger partial charge in [-0.25, -0.2) is 17.6 Å². The number of methoxy groups -OCH3 is 1. The van der Waals surface area contributed by atoms with E-state index >= 15 is 0 Å². The number of hydrogen-bond donors (Lipinski definition) is 1. The fourth-order valence-corrected chi connectivity index (χ4v) is 6.14. The SMILES string of the molecule is COC(=O)c1c(NS(=O)(=O)c2ccc(F)cc2/C=C\CN2CC[C@@H](OC(C)=O)C2)ccc2c1OCc1occc1-2. The maximum absolute atomic E-state index is 14.2. The number of sulfonamides is 1. The number of anilines is 1. The van der Waals surface area contributed by atoms with Gasteiger partial charge in [0.2, 0.25) is 0 Å². The van der Waals surface area contributed by atoms with Crippen molar-refractivity contribution < 1.29 is 41.0 Å². The van der Waals surface area contributed by atoms with Crippen LogP contribution in [0.3, 0.4) is 0 Å². The molecule has 2 aliphatic rings. The monoisotopic (exact) mass is 570 g/mol. The Morgan fingerprint density at radius 1 is 1.20 bits per heavy atom. The fraction of sp³-hybridized carbons (Fsp3) is 0.286. The van der Waals surface area contributed by atoms with Gasteiger partial charge >= 0.3 is 11.9 Å². The predicted octanol–water partition coefficient (Wildman–Crippen LogP) is 4.22. The highest BCUT2D eigenvalue weighted by Crippen LogP contribution is 2.43. The molecule has 210 valence electrons. The summed E-state index contributed by atoms with van der Waals surface area (Å²) in [6, 6.07) is 8.13. The van der Waals surface area contributed by atoms with Crippen LogP contribution in [0.5, 0.6) is 5.75 Å². The highest BCUT2D eigenvalue weighted by Gasteiger charge is 2.30. The Morgan fingerprint density at radius 2 is 2.02 bits per heavy atom. The van der Waals surface area contributed by atoms with Gasteiger partial charge in [0.15, 0.2) is 0 Å². The van der Waals surface area contributed by atoms with Crippen molar-refractivity contribution >= 4 is 33.7 Å². The third kappa shape index (κ3) is 5.58. The number of furan rings is 1. The van der Waals surface area contributed by atoms with Gasteiger partial charge < -0.3 is 18.6 Å². The molecular formula is C28H27FN2O8S. The van der Waals surface area contributed by atoms with Crippen LogP contribution in [-0.2, 0) is 30.9 Å². The number of fused-ring (bicyclic) bond motifs is 3. The minimum absolute atomic E-state index is 0.0506. The van der Waals surface area contributed by atoms with Crippen LogP contribution < -0.4 is 9.46 Å². The summed E-state index contributed by atoms with van der Waals surface area (Å²) in [5, 5.41) is 0. The molecule has 0 unspecified atom stereocenters. The molecule has 0 bridgehead atoms.